The molecule has 1 saturated carbocycles. The molecule has 0 unspecified atom stereocenters. The Morgan fingerprint density at radius 1 is 1.36 bits per heavy atom. The first-order valence-electron chi connectivity index (χ1n) is 7.06. The summed E-state index contributed by atoms with van der Waals surface area (Å²) in [5.74, 6) is 0.435. The summed E-state index contributed by atoms with van der Waals surface area (Å²) in [6, 6.07) is 1.48. The maximum atomic E-state index is 12.3. The lowest BCUT2D eigenvalue weighted by molar-refractivity contribution is -0.120. The first-order valence-corrected chi connectivity index (χ1v) is 7.06. The molecular weight excluding hydrogens is 286 g/mol. The Morgan fingerprint density at radius 2 is 2.05 bits per heavy atom. The van der Waals surface area contributed by atoms with E-state index >= 15 is 0 Å². The Labute approximate surface area is 128 Å². The fourth-order valence-electron chi connectivity index (χ4n) is 1.88. The highest BCUT2D eigenvalue weighted by molar-refractivity contribution is 5.97. The number of nitrogens with two attached hydrogens (primary N) is 1. The van der Waals surface area contributed by atoms with Crippen LogP contribution in [0.1, 0.15) is 33.6 Å². The number of amides is 2. The van der Waals surface area contributed by atoms with E-state index in [9.17, 15) is 9.59 Å². The van der Waals surface area contributed by atoms with E-state index in [1.807, 2.05) is 0 Å². The van der Waals surface area contributed by atoms with E-state index in [4.69, 9.17) is 10.5 Å². The smallest absolute Gasteiger partial charge is 0.407 e. The molecule has 0 radical (unpaired) electrons. The molecule has 1 heterocycles. The van der Waals surface area contributed by atoms with Crippen LogP contribution < -0.4 is 16.4 Å². The normalized spacial score (nSPS) is 15.8. The number of alkyl carbamates (subject to hydrolysis) is 1. The second-order valence-electron chi connectivity index (χ2n) is 6.42. The number of nitrogens with zero attached hydrogens (tertiary/aromatic N) is 2. The van der Waals surface area contributed by atoms with Gasteiger partial charge in [-0.25, -0.2) is 14.8 Å². The van der Waals surface area contributed by atoms with Crippen LogP contribution in [0.2, 0.25) is 0 Å². The minimum atomic E-state index is -0.601. The molecule has 1 aliphatic carbocycles. The average molecular weight is 307 g/mol. The van der Waals surface area contributed by atoms with E-state index in [2.05, 4.69) is 20.6 Å². The second kappa shape index (κ2) is 5.78. The van der Waals surface area contributed by atoms with Crippen molar-refractivity contribution >= 4 is 23.6 Å². The van der Waals surface area contributed by atoms with E-state index in [0.29, 0.717) is 18.7 Å². The maximum Gasteiger partial charge on any atom is 0.407 e. The molecule has 8 nitrogen and oxygen atoms in total. The standard InChI is InChI=1S/C14H21N5O3/c1-13(2,3)22-12(21)16-7-14(4-5-14)11(20)19-10-6-9(15)17-8-18-10/h6,8H,4-5,7H2,1-3H3,(H,16,21)(H3,15,17,18,19,20). The number of nitrogen functional groups attached to an aromatic ring is 1. The monoisotopic (exact) mass is 307 g/mol. The lowest BCUT2D eigenvalue weighted by Crippen LogP contribution is -2.39. The number of hydrogen-bond acceptors (Lipinski definition) is 6. The van der Waals surface area contributed by atoms with Crippen LogP contribution in [-0.4, -0.2) is 34.1 Å². The minimum absolute atomic E-state index is 0.193. The van der Waals surface area contributed by atoms with E-state index in [-0.39, 0.29) is 18.3 Å². The van der Waals surface area contributed by atoms with Gasteiger partial charge in [0.2, 0.25) is 5.91 Å². The Bertz CT molecular complexity index is 578. The molecule has 1 aromatic heterocycles. The third-order valence-corrected chi connectivity index (χ3v) is 3.24. The van der Waals surface area contributed by atoms with Crippen molar-refractivity contribution in [2.75, 3.05) is 17.6 Å². The van der Waals surface area contributed by atoms with Gasteiger partial charge < -0.3 is 21.1 Å². The highest BCUT2D eigenvalue weighted by Crippen LogP contribution is 2.45. The minimum Gasteiger partial charge on any atom is -0.444 e. The Hall–Kier alpha value is -2.38. The summed E-state index contributed by atoms with van der Waals surface area (Å²) < 4.78 is 5.16. The molecule has 1 fully saturated rings. The third-order valence-electron chi connectivity index (χ3n) is 3.24. The van der Waals surface area contributed by atoms with Crippen molar-refractivity contribution in [3.05, 3.63) is 12.4 Å². The van der Waals surface area contributed by atoms with Crippen molar-refractivity contribution in [2.45, 2.75) is 39.2 Å². The molecule has 0 spiro atoms. The number of carbonyl (C=O) groups is 2. The largest absolute Gasteiger partial charge is 0.444 e. The second-order valence-corrected chi connectivity index (χ2v) is 6.42. The summed E-state index contributed by atoms with van der Waals surface area (Å²) in [7, 11) is 0. The molecular formula is C14H21N5O3. The Kier molecular flexibility index (Phi) is 4.20. The van der Waals surface area contributed by atoms with Gasteiger partial charge in [-0.2, -0.15) is 0 Å². The van der Waals surface area contributed by atoms with E-state index in [1.165, 1.54) is 12.4 Å². The molecule has 0 atom stereocenters. The number of aromatic nitrogens is 2. The van der Waals surface area contributed by atoms with Gasteiger partial charge in [-0.15, -0.1) is 0 Å². The molecule has 2 amide bonds. The SMILES string of the molecule is CC(C)(C)OC(=O)NCC1(C(=O)Nc2cc(N)ncn2)CC1. The van der Waals surface area contributed by atoms with Crippen molar-refractivity contribution in [3.63, 3.8) is 0 Å². The van der Waals surface area contributed by atoms with Crippen molar-refractivity contribution in [3.8, 4) is 0 Å². The summed E-state index contributed by atoms with van der Waals surface area (Å²) in [6.07, 6.45) is 2.16. The van der Waals surface area contributed by atoms with Crippen LogP contribution in [0.25, 0.3) is 0 Å². The number of hydrogen-bond donors (Lipinski definition) is 3. The molecule has 0 aromatic carbocycles. The van der Waals surface area contributed by atoms with Crippen LogP contribution in [0.4, 0.5) is 16.4 Å². The van der Waals surface area contributed by atoms with Gasteiger partial charge in [-0.3, -0.25) is 4.79 Å². The topological polar surface area (TPSA) is 119 Å². The van der Waals surface area contributed by atoms with E-state index < -0.39 is 17.1 Å². The van der Waals surface area contributed by atoms with Crippen LogP contribution in [0.3, 0.4) is 0 Å². The van der Waals surface area contributed by atoms with Crippen LogP contribution >= 0.6 is 0 Å². The summed E-state index contributed by atoms with van der Waals surface area (Å²) in [5.41, 5.74) is 4.37. The van der Waals surface area contributed by atoms with Crippen molar-refractivity contribution < 1.29 is 14.3 Å². The number of carbonyl (C=O) groups excluding carboxylic acids is 2. The number of anilines is 2. The van der Waals surface area contributed by atoms with Gasteiger partial charge >= 0.3 is 6.09 Å². The summed E-state index contributed by atoms with van der Waals surface area (Å²) in [4.78, 5) is 31.6. The van der Waals surface area contributed by atoms with Crippen LogP contribution in [0, 0.1) is 5.41 Å². The molecule has 22 heavy (non-hydrogen) atoms. The summed E-state index contributed by atoms with van der Waals surface area (Å²) >= 11 is 0. The molecule has 2 rings (SSSR count). The van der Waals surface area contributed by atoms with Gasteiger partial charge in [0.1, 0.15) is 23.6 Å². The fourth-order valence-corrected chi connectivity index (χ4v) is 1.88. The zero-order valence-corrected chi connectivity index (χ0v) is 13.0. The molecule has 120 valence electrons. The van der Waals surface area contributed by atoms with Crippen molar-refractivity contribution in [1.82, 2.24) is 15.3 Å². The van der Waals surface area contributed by atoms with Crippen LogP contribution in [-0.2, 0) is 9.53 Å². The molecule has 0 saturated heterocycles. The highest BCUT2D eigenvalue weighted by atomic mass is 16.6. The highest BCUT2D eigenvalue weighted by Gasteiger charge is 2.50. The molecule has 0 aliphatic heterocycles. The molecule has 8 heteroatoms. The fraction of sp³-hybridized carbons (Fsp3) is 0.571. The van der Waals surface area contributed by atoms with E-state index in [0.717, 1.165) is 0 Å². The molecule has 0 bridgehead atoms. The Balaban J connectivity index is 1.88. The number of nitrogens with one attached hydrogen (secondary N) is 2. The maximum absolute atomic E-state index is 12.3. The van der Waals surface area contributed by atoms with Gasteiger partial charge in [0.25, 0.3) is 0 Å². The van der Waals surface area contributed by atoms with Crippen LogP contribution in [0.15, 0.2) is 12.4 Å². The number of ether oxygens (including phenoxy) is 1. The van der Waals surface area contributed by atoms with Crippen molar-refractivity contribution in [2.24, 2.45) is 5.41 Å². The predicted octanol–water partition coefficient (Wildman–Crippen LogP) is 1.30. The Morgan fingerprint density at radius 3 is 2.59 bits per heavy atom. The molecule has 1 aliphatic rings. The summed E-state index contributed by atoms with van der Waals surface area (Å²) in [6.45, 7) is 5.58. The first kappa shape index (κ1) is 16.0. The lowest BCUT2D eigenvalue weighted by Gasteiger charge is -2.21. The molecule has 1 aromatic rings. The number of rotatable bonds is 4. The zero-order chi connectivity index (χ0) is 16.4. The van der Waals surface area contributed by atoms with Gasteiger partial charge in [0.05, 0.1) is 5.41 Å². The zero-order valence-electron chi connectivity index (χ0n) is 13.0. The van der Waals surface area contributed by atoms with Crippen LogP contribution in [0.5, 0.6) is 0 Å². The third kappa shape index (κ3) is 4.31. The van der Waals surface area contributed by atoms with Gasteiger partial charge in [-0.1, -0.05) is 0 Å². The van der Waals surface area contributed by atoms with Gasteiger partial charge in [0, 0.05) is 12.6 Å². The van der Waals surface area contributed by atoms with Gasteiger partial charge in [-0.05, 0) is 33.6 Å². The quantitative estimate of drug-likeness (QED) is 0.771. The first-order chi connectivity index (χ1) is 10.2. The predicted molar refractivity (Wildman–Crippen MR) is 81.0 cm³/mol. The molecule has 4 N–H and O–H groups in total. The van der Waals surface area contributed by atoms with Gasteiger partial charge in [0.15, 0.2) is 0 Å². The average Bonchev–Trinajstić information content (AvgIpc) is 3.15. The lowest BCUT2D eigenvalue weighted by atomic mass is 10.1. The van der Waals surface area contributed by atoms with Crippen molar-refractivity contribution in [1.29, 1.82) is 0 Å². The van der Waals surface area contributed by atoms with E-state index in [1.54, 1.807) is 20.8 Å². The summed E-state index contributed by atoms with van der Waals surface area (Å²) in [5, 5.41) is 5.34.